The summed E-state index contributed by atoms with van der Waals surface area (Å²) in [7, 11) is 0. The first-order chi connectivity index (χ1) is 10.9. The molecule has 2 rings (SSSR count). The van der Waals surface area contributed by atoms with Crippen LogP contribution in [0.4, 0.5) is 5.82 Å². The van der Waals surface area contributed by atoms with Crippen LogP contribution in [0, 0.1) is 0 Å². The van der Waals surface area contributed by atoms with Gasteiger partial charge in [0.1, 0.15) is 5.69 Å². The maximum atomic E-state index is 12.0. The molecule has 0 aliphatic carbocycles. The summed E-state index contributed by atoms with van der Waals surface area (Å²) in [5.41, 5.74) is 5.50. The number of halogens is 2. The van der Waals surface area contributed by atoms with Crippen molar-refractivity contribution in [2.75, 3.05) is 11.9 Å². The minimum absolute atomic E-state index is 0.0782. The molecule has 0 atom stereocenters. The molecule has 0 bridgehead atoms. The van der Waals surface area contributed by atoms with Crippen molar-refractivity contribution in [1.82, 2.24) is 10.2 Å². The first-order valence-corrected chi connectivity index (χ1v) is 7.79. The molecular formula is C14H16BrClN4O3. The second-order valence-corrected chi connectivity index (χ2v) is 5.48. The molecule has 0 radical (unpaired) electrons. The van der Waals surface area contributed by atoms with E-state index in [1.807, 2.05) is 6.92 Å². The number of amides is 2. The highest BCUT2D eigenvalue weighted by Gasteiger charge is 2.18. The van der Waals surface area contributed by atoms with E-state index in [9.17, 15) is 9.59 Å². The second-order valence-electron chi connectivity index (χ2n) is 4.28. The maximum absolute atomic E-state index is 12.0. The maximum Gasteiger partial charge on any atom is 0.267 e. The fourth-order valence-corrected chi connectivity index (χ4v) is 2.09. The van der Waals surface area contributed by atoms with Crippen LogP contribution in [0.25, 0.3) is 0 Å². The minimum atomic E-state index is -0.683. The van der Waals surface area contributed by atoms with Gasteiger partial charge in [-0.1, -0.05) is 30.7 Å². The zero-order valence-corrected chi connectivity index (χ0v) is 14.6. The third kappa shape index (κ3) is 5.34. The van der Waals surface area contributed by atoms with Crippen molar-refractivity contribution in [3.05, 3.63) is 45.0 Å². The fraction of sp³-hybridized carbons (Fsp3) is 0.214. The molecule has 2 aromatic rings. The molecule has 23 heavy (non-hydrogen) atoms. The summed E-state index contributed by atoms with van der Waals surface area (Å²) in [6.07, 6.45) is 0.875. The predicted octanol–water partition coefficient (Wildman–Crippen LogP) is 2.57. The first-order valence-electron chi connectivity index (χ1n) is 6.62. The third-order valence-corrected chi connectivity index (χ3v) is 3.63. The Morgan fingerprint density at radius 1 is 1.43 bits per heavy atom. The highest BCUT2D eigenvalue weighted by Crippen LogP contribution is 2.24. The third-order valence-electron chi connectivity index (χ3n) is 2.53. The quantitative estimate of drug-likeness (QED) is 0.627. The van der Waals surface area contributed by atoms with Gasteiger partial charge in [-0.25, -0.2) is 0 Å². The van der Waals surface area contributed by atoms with Gasteiger partial charge in [-0.15, -0.1) is 0 Å². The fourth-order valence-electron chi connectivity index (χ4n) is 1.39. The van der Waals surface area contributed by atoms with Gasteiger partial charge < -0.3 is 16.2 Å². The number of nitrogens with two attached hydrogens (primary N) is 1. The summed E-state index contributed by atoms with van der Waals surface area (Å²) >= 11 is 9.04. The smallest absolute Gasteiger partial charge is 0.267 e. The van der Waals surface area contributed by atoms with E-state index in [2.05, 4.69) is 31.4 Å². The molecule has 9 heteroatoms. The lowest BCUT2D eigenvalue weighted by molar-refractivity contribution is 0.0992. The standard InChI is InChI=1S/C11H8BrClN4O2.C3H8O/c12-7-8(9(14)18)16-17-10(7)15-11(19)5-3-1-2-4-6(5)13;1-2-3-4/h1-4H,(H2,14,18)(H2,15,16,17,19);4H,2-3H2,1H3. The van der Waals surface area contributed by atoms with Crippen LogP contribution in [0.1, 0.15) is 34.2 Å². The van der Waals surface area contributed by atoms with Crippen molar-refractivity contribution in [3.63, 3.8) is 0 Å². The van der Waals surface area contributed by atoms with Crippen molar-refractivity contribution in [2.24, 2.45) is 5.73 Å². The molecule has 7 nitrogen and oxygen atoms in total. The summed E-state index contributed by atoms with van der Waals surface area (Å²) in [5.74, 6) is -0.954. The number of aliphatic hydroxyl groups excluding tert-OH is 1. The molecule has 0 fully saturated rings. The number of primary amides is 1. The molecule has 1 aromatic carbocycles. The van der Waals surface area contributed by atoms with Crippen molar-refractivity contribution >= 4 is 45.2 Å². The van der Waals surface area contributed by atoms with E-state index in [0.29, 0.717) is 21.7 Å². The van der Waals surface area contributed by atoms with Crippen LogP contribution >= 0.6 is 27.5 Å². The second kappa shape index (κ2) is 9.29. The summed E-state index contributed by atoms with van der Waals surface area (Å²) in [6.45, 7) is 2.25. The summed E-state index contributed by atoms with van der Waals surface area (Å²) in [4.78, 5) is 23.0. The molecule has 0 saturated heterocycles. The van der Waals surface area contributed by atoms with Gasteiger partial charge in [0.25, 0.3) is 11.8 Å². The van der Waals surface area contributed by atoms with Gasteiger partial charge in [0, 0.05) is 6.61 Å². The Hall–Kier alpha value is -1.90. The Kier molecular flexibility index (Phi) is 7.73. The van der Waals surface area contributed by atoms with Crippen molar-refractivity contribution in [2.45, 2.75) is 13.3 Å². The van der Waals surface area contributed by atoms with Gasteiger partial charge in [0.2, 0.25) is 0 Å². The van der Waals surface area contributed by atoms with Crippen molar-refractivity contribution in [1.29, 1.82) is 0 Å². The van der Waals surface area contributed by atoms with E-state index >= 15 is 0 Å². The number of benzene rings is 1. The topological polar surface area (TPSA) is 121 Å². The minimum Gasteiger partial charge on any atom is -0.396 e. The number of carbonyl (C=O) groups is 2. The Labute approximate surface area is 146 Å². The van der Waals surface area contributed by atoms with E-state index in [0.717, 1.165) is 6.42 Å². The highest BCUT2D eigenvalue weighted by molar-refractivity contribution is 9.10. The Morgan fingerprint density at radius 3 is 2.52 bits per heavy atom. The molecule has 0 aliphatic heterocycles. The van der Waals surface area contributed by atoms with Crippen LogP contribution in [0.3, 0.4) is 0 Å². The number of aliphatic hydroxyl groups is 1. The Bertz CT molecular complexity index is 688. The lowest BCUT2D eigenvalue weighted by Gasteiger charge is -2.04. The van der Waals surface area contributed by atoms with Gasteiger partial charge in [-0.05, 0) is 34.5 Å². The summed E-state index contributed by atoms with van der Waals surface area (Å²) in [5, 5.41) is 16.9. The Morgan fingerprint density at radius 2 is 2.04 bits per heavy atom. The highest BCUT2D eigenvalue weighted by atomic mass is 79.9. The zero-order chi connectivity index (χ0) is 17.4. The molecule has 0 spiro atoms. The van der Waals surface area contributed by atoms with Crippen LogP contribution in [-0.2, 0) is 0 Å². The molecule has 124 valence electrons. The molecule has 5 N–H and O–H groups in total. The van der Waals surface area contributed by atoms with Crippen LogP contribution in [0.15, 0.2) is 28.7 Å². The number of aromatic amines is 1. The number of H-pyrrole nitrogens is 1. The number of anilines is 1. The normalized spacial score (nSPS) is 9.74. The van der Waals surface area contributed by atoms with Crippen LogP contribution in [0.2, 0.25) is 5.02 Å². The van der Waals surface area contributed by atoms with Crippen LogP contribution in [0.5, 0.6) is 0 Å². The van der Waals surface area contributed by atoms with E-state index in [4.69, 9.17) is 22.4 Å². The predicted molar refractivity (Wildman–Crippen MR) is 91.6 cm³/mol. The molecule has 0 aliphatic rings. The van der Waals surface area contributed by atoms with E-state index in [1.54, 1.807) is 24.3 Å². The van der Waals surface area contributed by atoms with Crippen molar-refractivity contribution < 1.29 is 14.7 Å². The molecule has 2 amide bonds. The number of aromatic nitrogens is 2. The van der Waals surface area contributed by atoms with Gasteiger partial charge in [0.15, 0.2) is 5.82 Å². The number of nitrogens with one attached hydrogen (secondary N) is 2. The van der Waals surface area contributed by atoms with Gasteiger partial charge in [0.05, 0.1) is 15.1 Å². The largest absolute Gasteiger partial charge is 0.396 e. The first kappa shape index (κ1) is 19.1. The van der Waals surface area contributed by atoms with Gasteiger partial charge >= 0.3 is 0 Å². The van der Waals surface area contributed by atoms with Crippen LogP contribution in [-0.4, -0.2) is 33.7 Å². The average molecular weight is 404 g/mol. The Balaban J connectivity index is 0.000000593. The molecule has 1 heterocycles. The number of nitrogens with zero attached hydrogens (tertiary/aromatic N) is 1. The zero-order valence-electron chi connectivity index (χ0n) is 12.3. The van der Waals surface area contributed by atoms with E-state index < -0.39 is 11.8 Å². The molecule has 0 unspecified atom stereocenters. The monoisotopic (exact) mass is 402 g/mol. The summed E-state index contributed by atoms with van der Waals surface area (Å²) in [6, 6.07) is 6.59. The van der Waals surface area contributed by atoms with E-state index in [-0.39, 0.29) is 11.5 Å². The number of hydrogen-bond donors (Lipinski definition) is 4. The van der Waals surface area contributed by atoms with E-state index in [1.165, 1.54) is 0 Å². The average Bonchev–Trinajstić information content (AvgIpc) is 2.89. The lowest BCUT2D eigenvalue weighted by Crippen LogP contribution is -2.14. The number of carbonyl (C=O) groups excluding carboxylic acids is 2. The van der Waals surface area contributed by atoms with Gasteiger partial charge in [-0.2, -0.15) is 5.10 Å². The SMILES string of the molecule is CCCO.NC(=O)c1[nH]nc(NC(=O)c2ccccc2Cl)c1Br. The molecule has 0 saturated carbocycles. The van der Waals surface area contributed by atoms with Crippen LogP contribution < -0.4 is 11.1 Å². The number of rotatable bonds is 4. The molecular weight excluding hydrogens is 388 g/mol. The molecule has 1 aromatic heterocycles. The number of hydrogen-bond acceptors (Lipinski definition) is 4. The van der Waals surface area contributed by atoms with Gasteiger partial charge in [-0.3, -0.25) is 14.7 Å². The summed E-state index contributed by atoms with van der Waals surface area (Å²) < 4.78 is 0.292. The van der Waals surface area contributed by atoms with Crippen molar-refractivity contribution in [3.8, 4) is 0 Å². The lowest BCUT2D eigenvalue weighted by atomic mass is 10.2.